The Hall–Kier alpha value is -4.05. The van der Waals surface area contributed by atoms with Gasteiger partial charge in [0.15, 0.2) is 0 Å². The van der Waals surface area contributed by atoms with E-state index in [4.69, 9.17) is 0 Å². The summed E-state index contributed by atoms with van der Waals surface area (Å²) in [4.78, 5) is 12.7. The van der Waals surface area contributed by atoms with Gasteiger partial charge in [0.25, 0.3) is 0 Å². The van der Waals surface area contributed by atoms with Gasteiger partial charge < -0.3 is 9.80 Å². The number of hydrogen-bond acceptors (Lipinski definition) is 4. The van der Waals surface area contributed by atoms with Crippen LogP contribution in [0.4, 0.5) is 5.69 Å². The van der Waals surface area contributed by atoms with Crippen molar-refractivity contribution >= 4 is 5.69 Å². The Labute approximate surface area is 232 Å². The Morgan fingerprint density at radius 2 is 1.24 bits per heavy atom. The summed E-state index contributed by atoms with van der Waals surface area (Å²) in [6, 6.07) is 41.8. The van der Waals surface area contributed by atoms with Gasteiger partial charge in [0.2, 0.25) is 0 Å². The molecule has 5 aromatic rings. The molecule has 1 aliphatic rings. The van der Waals surface area contributed by atoms with Crippen molar-refractivity contribution in [1.82, 2.24) is 14.9 Å². The van der Waals surface area contributed by atoms with E-state index in [1.54, 1.807) is 12.4 Å². The van der Waals surface area contributed by atoms with Gasteiger partial charge in [0.05, 0.1) is 0 Å². The van der Waals surface area contributed by atoms with Gasteiger partial charge >= 0.3 is 0 Å². The Morgan fingerprint density at radius 1 is 0.622 bits per heavy atom. The molecule has 185 valence electrons. The maximum absolute atomic E-state index is 4.33. The molecule has 5 heteroatoms. The normalized spacial score (nSPS) is 11.9. The molecule has 0 bridgehead atoms. The first kappa shape index (κ1) is 26.0. The maximum atomic E-state index is 4.33. The zero-order valence-corrected chi connectivity index (χ0v) is 22.6. The second-order valence-electron chi connectivity index (χ2n) is 8.12. The molecule has 37 heavy (non-hydrogen) atoms. The van der Waals surface area contributed by atoms with Gasteiger partial charge in [-0.3, -0.25) is 9.97 Å². The van der Waals surface area contributed by atoms with Crippen molar-refractivity contribution in [3.8, 4) is 33.6 Å². The van der Waals surface area contributed by atoms with Crippen LogP contribution in [0.2, 0.25) is 0 Å². The third kappa shape index (κ3) is 6.79. The molecule has 0 unspecified atom stereocenters. The molecular formula is C32H24IrN4-4. The molecular weight excluding hydrogens is 633 g/mol. The maximum Gasteiger partial charge on any atom is 0.0183 e. The summed E-state index contributed by atoms with van der Waals surface area (Å²) in [6.07, 6.45) is 7.60. The second-order valence-corrected chi connectivity index (χ2v) is 8.12. The fraction of sp³-hybridized carbons (Fsp3) is 0.0312. The van der Waals surface area contributed by atoms with Crippen molar-refractivity contribution in [1.29, 1.82) is 0 Å². The summed E-state index contributed by atoms with van der Waals surface area (Å²) in [6.45, 7) is 2.02. The first-order chi connectivity index (χ1) is 17.8. The number of nitrogens with zero attached hydrogens (tertiary/aromatic N) is 4. The quantitative estimate of drug-likeness (QED) is 0.197. The molecule has 0 N–H and O–H groups in total. The van der Waals surface area contributed by atoms with Crippen LogP contribution >= 0.6 is 0 Å². The summed E-state index contributed by atoms with van der Waals surface area (Å²) in [5.41, 5.74) is 6.98. The van der Waals surface area contributed by atoms with Gasteiger partial charge in [0, 0.05) is 43.9 Å². The van der Waals surface area contributed by atoms with Gasteiger partial charge in [-0.05, 0) is 31.6 Å². The molecule has 0 amide bonds. The average molecular weight is 657 g/mol. The first-order valence-electron chi connectivity index (χ1n) is 11.6. The molecule has 3 heterocycles. The molecule has 4 nitrogen and oxygen atoms in total. The molecule has 2 aromatic heterocycles. The summed E-state index contributed by atoms with van der Waals surface area (Å²) >= 11 is 0. The van der Waals surface area contributed by atoms with Crippen LogP contribution in [0.15, 0.2) is 122 Å². The molecule has 0 spiro atoms. The minimum absolute atomic E-state index is 0. The van der Waals surface area contributed by atoms with E-state index in [0.717, 1.165) is 39.3 Å². The van der Waals surface area contributed by atoms with Crippen molar-refractivity contribution in [3.63, 3.8) is 0 Å². The third-order valence-corrected chi connectivity index (χ3v) is 5.50. The van der Waals surface area contributed by atoms with Crippen molar-refractivity contribution in [2.75, 3.05) is 11.9 Å². The van der Waals surface area contributed by atoms with Crippen LogP contribution in [0, 0.1) is 24.9 Å². The molecule has 6 rings (SSSR count). The van der Waals surface area contributed by atoms with E-state index in [0.29, 0.717) is 0 Å². The van der Waals surface area contributed by atoms with Crippen LogP contribution in [-0.4, -0.2) is 21.9 Å². The summed E-state index contributed by atoms with van der Waals surface area (Å²) in [5, 5.41) is 0. The van der Waals surface area contributed by atoms with E-state index in [-0.39, 0.29) is 20.1 Å². The van der Waals surface area contributed by atoms with Gasteiger partial charge in [-0.2, -0.15) is 49.1 Å². The van der Waals surface area contributed by atoms with Crippen LogP contribution in [0.3, 0.4) is 0 Å². The molecule has 0 saturated heterocycles. The standard InChI is InChI=1S/C16H13N2.C16H11N2.Ir/c1-17-10-11-18(13-17)16-9-5-8-15(12-16)14-6-3-2-4-7-14;1-3-10-17-15(8-1)13-6-5-7-14(12-13)16-9-2-4-11-18-16;/h2-6,8-11,13H,1H3;1-11H;/q-3;-1;. The number of benzene rings is 3. The van der Waals surface area contributed by atoms with Crippen LogP contribution in [-0.2, 0) is 20.1 Å². The number of rotatable bonds is 4. The van der Waals surface area contributed by atoms with Crippen LogP contribution in [0.1, 0.15) is 0 Å². The average Bonchev–Trinajstić information content (AvgIpc) is 3.41. The van der Waals surface area contributed by atoms with Gasteiger partial charge in [-0.15, -0.1) is 36.4 Å². The van der Waals surface area contributed by atoms with E-state index in [1.165, 1.54) is 0 Å². The van der Waals surface area contributed by atoms with Crippen LogP contribution in [0.5, 0.6) is 0 Å². The second kappa shape index (κ2) is 12.8. The summed E-state index contributed by atoms with van der Waals surface area (Å²) < 4.78 is 0. The van der Waals surface area contributed by atoms with E-state index >= 15 is 0 Å². The third-order valence-electron chi connectivity index (χ3n) is 5.50. The molecule has 1 aliphatic heterocycles. The van der Waals surface area contributed by atoms with Crippen molar-refractivity contribution in [2.24, 2.45) is 0 Å². The molecule has 0 atom stereocenters. The van der Waals surface area contributed by atoms with Crippen molar-refractivity contribution in [2.45, 2.75) is 0 Å². The van der Waals surface area contributed by atoms with Crippen molar-refractivity contribution in [3.05, 3.63) is 147 Å². The van der Waals surface area contributed by atoms with E-state index in [2.05, 4.69) is 34.2 Å². The Bertz CT molecular complexity index is 1370. The van der Waals surface area contributed by atoms with Crippen molar-refractivity contribution < 1.29 is 20.1 Å². The number of pyridine rings is 2. The first-order valence-corrected chi connectivity index (χ1v) is 11.6. The fourth-order valence-electron chi connectivity index (χ4n) is 3.73. The predicted octanol–water partition coefficient (Wildman–Crippen LogP) is 6.90. The SMILES string of the molecule is CN1C=CN(c2[c-]c(-c3[c-]cccc3)ccc2)[CH-]1.[Ir].[c-]1c(-c2ccccn2)cccc1-c1ccccn1. The Morgan fingerprint density at radius 3 is 1.81 bits per heavy atom. The monoisotopic (exact) mass is 657 g/mol. The topological polar surface area (TPSA) is 32.3 Å². The zero-order valence-electron chi connectivity index (χ0n) is 20.2. The van der Waals surface area contributed by atoms with Crippen LogP contribution < -0.4 is 4.90 Å². The predicted molar refractivity (Wildman–Crippen MR) is 145 cm³/mol. The van der Waals surface area contributed by atoms with Crippen LogP contribution in [0.25, 0.3) is 33.6 Å². The molecule has 0 saturated carbocycles. The number of aromatic nitrogens is 2. The molecule has 3 aromatic carbocycles. The molecule has 0 fully saturated rings. The number of anilines is 1. The van der Waals surface area contributed by atoms with Gasteiger partial charge in [-0.1, -0.05) is 41.1 Å². The summed E-state index contributed by atoms with van der Waals surface area (Å²) in [5.74, 6) is 0. The Balaban J connectivity index is 0.000000168. The van der Waals surface area contributed by atoms with Gasteiger partial charge in [0.1, 0.15) is 0 Å². The Kier molecular flexibility index (Phi) is 8.98. The largest absolute Gasteiger partial charge is 0.510 e. The molecule has 1 radical (unpaired) electrons. The fourth-order valence-corrected chi connectivity index (χ4v) is 3.73. The number of hydrogen-bond donors (Lipinski definition) is 0. The van der Waals surface area contributed by atoms with E-state index in [9.17, 15) is 0 Å². The minimum atomic E-state index is 0. The molecule has 0 aliphatic carbocycles. The van der Waals surface area contributed by atoms with Gasteiger partial charge in [-0.25, -0.2) is 11.1 Å². The smallest absolute Gasteiger partial charge is 0.0183 e. The van der Waals surface area contributed by atoms with E-state index < -0.39 is 0 Å². The summed E-state index contributed by atoms with van der Waals surface area (Å²) in [7, 11) is 2.01. The zero-order chi connectivity index (χ0) is 24.6. The van der Waals surface area contributed by atoms with E-state index in [1.807, 2.05) is 127 Å². The minimum Gasteiger partial charge on any atom is -0.510 e.